The van der Waals surface area contributed by atoms with E-state index in [1.807, 2.05) is 47.3 Å². The molecule has 0 unspecified atom stereocenters. The van der Waals surface area contributed by atoms with Crippen molar-refractivity contribution in [3.8, 4) is 11.4 Å². The lowest BCUT2D eigenvalue weighted by molar-refractivity contribution is -0.120. The summed E-state index contributed by atoms with van der Waals surface area (Å²) in [6, 6.07) is 9.95. The number of hydrogen-bond acceptors (Lipinski definition) is 6. The molecule has 130 valence electrons. The number of carbonyl (C=O) groups is 1. The molecule has 0 aliphatic heterocycles. The molecule has 1 amide bonds. The van der Waals surface area contributed by atoms with Gasteiger partial charge in [0.15, 0.2) is 11.0 Å². The van der Waals surface area contributed by atoms with Gasteiger partial charge in [-0.2, -0.15) is 0 Å². The number of thioether (sulfide) groups is 1. The van der Waals surface area contributed by atoms with Crippen molar-refractivity contribution in [2.45, 2.75) is 18.0 Å². The van der Waals surface area contributed by atoms with Crippen LogP contribution in [0.25, 0.3) is 11.4 Å². The van der Waals surface area contributed by atoms with Gasteiger partial charge in [-0.15, -0.1) is 21.5 Å². The summed E-state index contributed by atoms with van der Waals surface area (Å²) in [5, 5.41) is 14.2. The van der Waals surface area contributed by atoms with Crippen molar-refractivity contribution in [2.24, 2.45) is 7.05 Å². The fraction of sp³-hybridized carbons (Fsp3) is 0.294. The van der Waals surface area contributed by atoms with Crippen molar-refractivity contribution in [3.63, 3.8) is 0 Å². The molecule has 0 aliphatic carbocycles. The Kier molecular flexibility index (Phi) is 6.19. The summed E-state index contributed by atoms with van der Waals surface area (Å²) in [5.74, 6) is 1.55. The number of aromatic nitrogens is 4. The Hall–Kier alpha value is -2.19. The van der Waals surface area contributed by atoms with E-state index in [1.165, 1.54) is 11.8 Å². The molecule has 1 N–H and O–H groups in total. The number of hydrogen-bond donors (Lipinski definition) is 1. The van der Waals surface area contributed by atoms with Crippen LogP contribution in [0.1, 0.15) is 12.1 Å². The van der Waals surface area contributed by atoms with Gasteiger partial charge in [-0.05, 0) is 0 Å². The quantitative estimate of drug-likeness (QED) is 0.615. The van der Waals surface area contributed by atoms with Crippen molar-refractivity contribution in [2.75, 3.05) is 12.3 Å². The topological polar surface area (TPSA) is 72.7 Å². The lowest BCUT2D eigenvalue weighted by Crippen LogP contribution is -2.26. The zero-order valence-corrected chi connectivity index (χ0v) is 15.5. The first kappa shape index (κ1) is 17.6. The van der Waals surface area contributed by atoms with Crippen molar-refractivity contribution in [1.29, 1.82) is 0 Å². The molecule has 2 heterocycles. The van der Waals surface area contributed by atoms with Crippen LogP contribution in [0, 0.1) is 0 Å². The maximum Gasteiger partial charge on any atom is 0.220 e. The zero-order valence-electron chi connectivity index (χ0n) is 13.9. The molecule has 3 rings (SSSR count). The Balaban J connectivity index is 1.43. The third-order valence-corrected chi connectivity index (χ3v) is 5.27. The van der Waals surface area contributed by atoms with E-state index in [1.54, 1.807) is 16.8 Å². The third-order valence-electron chi connectivity index (χ3n) is 3.61. The van der Waals surface area contributed by atoms with Crippen LogP contribution in [0.4, 0.5) is 0 Å². The molecule has 0 saturated carbocycles. The first-order chi connectivity index (χ1) is 12.2. The summed E-state index contributed by atoms with van der Waals surface area (Å²) < 4.78 is 1.96. The number of rotatable bonds is 8. The molecule has 0 atom stereocenters. The van der Waals surface area contributed by atoms with E-state index in [9.17, 15) is 4.79 Å². The molecule has 3 aromatic rings. The standard InChI is InChI=1S/C17H19N5OS2/c1-22-16(13-5-3-2-4-6-13)20-21-17(22)25-10-8-15(23)18-9-7-14-11-24-12-19-14/h2-6,11-12H,7-10H2,1H3,(H,18,23). The van der Waals surface area contributed by atoms with Gasteiger partial charge in [0.25, 0.3) is 0 Å². The molecule has 0 fully saturated rings. The first-order valence-corrected chi connectivity index (χ1v) is 9.88. The number of nitrogens with zero attached hydrogens (tertiary/aromatic N) is 4. The monoisotopic (exact) mass is 373 g/mol. The van der Waals surface area contributed by atoms with E-state index < -0.39 is 0 Å². The highest BCUT2D eigenvalue weighted by molar-refractivity contribution is 7.99. The van der Waals surface area contributed by atoms with Crippen molar-refractivity contribution in [1.82, 2.24) is 25.1 Å². The Morgan fingerprint density at radius 3 is 2.88 bits per heavy atom. The molecule has 8 heteroatoms. The van der Waals surface area contributed by atoms with Crippen LogP contribution in [-0.2, 0) is 18.3 Å². The maximum absolute atomic E-state index is 11.9. The van der Waals surface area contributed by atoms with Gasteiger partial charge in [-0.1, -0.05) is 42.1 Å². The molecule has 0 spiro atoms. The average Bonchev–Trinajstić information content (AvgIpc) is 3.26. The summed E-state index contributed by atoms with van der Waals surface area (Å²) >= 11 is 3.11. The first-order valence-electron chi connectivity index (χ1n) is 7.95. The number of amides is 1. The molecule has 0 aliphatic rings. The van der Waals surface area contributed by atoms with Gasteiger partial charge in [-0.25, -0.2) is 4.98 Å². The van der Waals surface area contributed by atoms with Crippen LogP contribution < -0.4 is 5.32 Å². The van der Waals surface area contributed by atoms with Gasteiger partial charge in [0.1, 0.15) is 0 Å². The largest absolute Gasteiger partial charge is 0.356 e. The van der Waals surface area contributed by atoms with Gasteiger partial charge in [-0.3, -0.25) is 4.79 Å². The molecule has 0 saturated heterocycles. The van der Waals surface area contributed by atoms with Crippen molar-refractivity contribution >= 4 is 29.0 Å². The Bertz CT molecular complexity index is 802. The van der Waals surface area contributed by atoms with Gasteiger partial charge < -0.3 is 9.88 Å². The van der Waals surface area contributed by atoms with E-state index in [-0.39, 0.29) is 5.91 Å². The highest BCUT2D eigenvalue weighted by Gasteiger charge is 2.11. The number of thiazole rings is 1. The van der Waals surface area contributed by atoms with Crippen LogP contribution in [0.3, 0.4) is 0 Å². The number of benzene rings is 1. The molecule has 0 bridgehead atoms. The van der Waals surface area contributed by atoms with Gasteiger partial charge >= 0.3 is 0 Å². The smallest absolute Gasteiger partial charge is 0.220 e. The van der Waals surface area contributed by atoms with Crippen LogP contribution in [-0.4, -0.2) is 38.0 Å². The van der Waals surface area contributed by atoms with Crippen LogP contribution >= 0.6 is 23.1 Å². The second-order valence-electron chi connectivity index (χ2n) is 5.41. The van der Waals surface area contributed by atoms with Gasteiger partial charge in [0.2, 0.25) is 5.91 Å². The van der Waals surface area contributed by atoms with Crippen LogP contribution in [0.15, 0.2) is 46.4 Å². The van der Waals surface area contributed by atoms with Crippen LogP contribution in [0.5, 0.6) is 0 Å². The van der Waals surface area contributed by atoms with Gasteiger partial charge in [0, 0.05) is 43.1 Å². The number of carbonyl (C=O) groups excluding carboxylic acids is 1. The molecular weight excluding hydrogens is 354 g/mol. The highest BCUT2D eigenvalue weighted by atomic mass is 32.2. The molecular formula is C17H19N5OS2. The molecule has 0 radical (unpaired) electrons. The Morgan fingerprint density at radius 1 is 1.28 bits per heavy atom. The summed E-state index contributed by atoms with van der Waals surface area (Å²) in [5.41, 5.74) is 3.86. The lowest BCUT2D eigenvalue weighted by Gasteiger charge is -2.05. The SMILES string of the molecule is Cn1c(SCCC(=O)NCCc2cscn2)nnc1-c1ccccc1. The average molecular weight is 374 g/mol. The maximum atomic E-state index is 11.9. The predicted molar refractivity (Wildman–Crippen MR) is 101 cm³/mol. The fourth-order valence-electron chi connectivity index (χ4n) is 2.29. The summed E-state index contributed by atoms with van der Waals surface area (Å²) in [7, 11) is 1.94. The summed E-state index contributed by atoms with van der Waals surface area (Å²) in [4.78, 5) is 16.1. The summed E-state index contributed by atoms with van der Waals surface area (Å²) in [6.45, 7) is 0.620. The van der Waals surface area contributed by atoms with E-state index >= 15 is 0 Å². The third kappa shape index (κ3) is 4.90. The van der Waals surface area contributed by atoms with Crippen LogP contribution in [0.2, 0.25) is 0 Å². The molecule has 25 heavy (non-hydrogen) atoms. The predicted octanol–water partition coefficient (Wildman–Crippen LogP) is 2.78. The highest BCUT2D eigenvalue weighted by Crippen LogP contribution is 2.22. The fourth-order valence-corrected chi connectivity index (χ4v) is 3.74. The van der Waals surface area contributed by atoms with E-state index in [0.717, 1.165) is 28.7 Å². The number of nitrogens with one attached hydrogen (secondary N) is 1. The van der Waals surface area contributed by atoms with Gasteiger partial charge in [0.05, 0.1) is 11.2 Å². The minimum absolute atomic E-state index is 0.0492. The zero-order chi connectivity index (χ0) is 17.5. The Labute approximate surface area is 154 Å². The van der Waals surface area contributed by atoms with E-state index in [0.29, 0.717) is 18.7 Å². The minimum atomic E-state index is 0.0492. The molecule has 1 aromatic carbocycles. The normalized spacial score (nSPS) is 10.8. The van der Waals surface area contributed by atoms with E-state index in [2.05, 4.69) is 20.5 Å². The van der Waals surface area contributed by atoms with Crippen molar-refractivity contribution < 1.29 is 4.79 Å². The Morgan fingerprint density at radius 2 is 2.12 bits per heavy atom. The molecule has 6 nitrogen and oxygen atoms in total. The van der Waals surface area contributed by atoms with Crippen molar-refractivity contribution in [3.05, 3.63) is 46.9 Å². The lowest BCUT2D eigenvalue weighted by atomic mass is 10.2. The minimum Gasteiger partial charge on any atom is -0.356 e. The second-order valence-corrected chi connectivity index (χ2v) is 7.19. The second kappa shape index (κ2) is 8.77. The van der Waals surface area contributed by atoms with E-state index in [4.69, 9.17) is 0 Å². The summed E-state index contributed by atoms with van der Waals surface area (Å²) in [6.07, 6.45) is 1.22. The molecule has 2 aromatic heterocycles.